The Balaban J connectivity index is 1.88. The van der Waals surface area contributed by atoms with Gasteiger partial charge in [-0.2, -0.15) is 21.6 Å². The summed E-state index contributed by atoms with van der Waals surface area (Å²) in [4.78, 5) is 12.0. The number of amides is 1. The van der Waals surface area contributed by atoms with Gasteiger partial charge in [0.05, 0.1) is 11.3 Å². The Kier molecular flexibility index (Phi) is 5.37. The van der Waals surface area contributed by atoms with Crippen molar-refractivity contribution in [3.8, 4) is 0 Å². The molecule has 3 unspecified atom stereocenters. The van der Waals surface area contributed by atoms with E-state index >= 15 is 0 Å². The van der Waals surface area contributed by atoms with Crippen LogP contribution in [0.5, 0.6) is 0 Å². The molecule has 2 fully saturated rings. The SMILES string of the molecule is NS(=O)(=O)Nc1ccc(CC2NNC(=O)C3CCCCC23)c(C(F)(F)F)c1. The molecule has 27 heavy (non-hydrogen) atoms. The first-order chi connectivity index (χ1) is 12.5. The lowest BCUT2D eigenvalue weighted by molar-refractivity contribution is -0.139. The highest BCUT2D eigenvalue weighted by Gasteiger charge is 2.41. The minimum Gasteiger partial charge on any atom is -0.291 e. The summed E-state index contributed by atoms with van der Waals surface area (Å²) in [6.07, 6.45) is -1.21. The summed E-state index contributed by atoms with van der Waals surface area (Å²) >= 11 is 0. The molecule has 1 aromatic carbocycles. The van der Waals surface area contributed by atoms with Crippen LogP contribution in [0.25, 0.3) is 0 Å². The zero-order valence-electron chi connectivity index (χ0n) is 14.3. The smallest absolute Gasteiger partial charge is 0.291 e. The molecule has 0 spiro atoms. The fourth-order valence-electron chi connectivity index (χ4n) is 4.02. The van der Waals surface area contributed by atoms with Crippen molar-refractivity contribution in [2.45, 2.75) is 44.3 Å². The van der Waals surface area contributed by atoms with Crippen molar-refractivity contribution in [3.63, 3.8) is 0 Å². The topological polar surface area (TPSA) is 113 Å². The Morgan fingerprint density at radius 1 is 1.22 bits per heavy atom. The Labute approximate surface area is 155 Å². The lowest BCUT2D eigenvalue weighted by atomic mass is 9.72. The summed E-state index contributed by atoms with van der Waals surface area (Å²) < 4.78 is 64.6. The number of alkyl halides is 3. The van der Waals surface area contributed by atoms with E-state index in [0.717, 1.165) is 31.7 Å². The van der Waals surface area contributed by atoms with Crippen LogP contribution in [0.3, 0.4) is 0 Å². The normalized spacial score (nSPS) is 26.2. The van der Waals surface area contributed by atoms with Crippen molar-refractivity contribution >= 4 is 21.8 Å². The van der Waals surface area contributed by atoms with Gasteiger partial charge < -0.3 is 0 Å². The molecule has 1 heterocycles. The summed E-state index contributed by atoms with van der Waals surface area (Å²) in [5.74, 6) is -0.335. The summed E-state index contributed by atoms with van der Waals surface area (Å²) in [6.45, 7) is 0. The van der Waals surface area contributed by atoms with Crippen LogP contribution < -0.4 is 20.7 Å². The fraction of sp³-hybridized carbons (Fsp3) is 0.562. The number of benzene rings is 1. The van der Waals surface area contributed by atoms with E-state index in [1.807, 2.05) is 4.72 Å². The van der Waals surface area contributed by atoms with Crippen LogP contribution in [0.4, 0.5) is 18.9 Å². The first-order valence-electron chi connectivity index (χ1n) is 8.60. The molecular formula is C16H21F3N4O3S. The molecule has 5 N–H and O–H groups in total. The summed E-state index contributed by atoms with van der Waals surface area (Å²) in [5.41, 5.74) is 4.27. The molecule has 1 aromatic rings. The molecule has 1 saturated heterocycles. The third kappa shape index (κ3) is 4.71. The lowest BCUT2D eigenvalue weighted by Crippen LogP contribution is -2.60. The van der Waals surface area contributed by atoms with Crippen LogP contribution in [0.15, 0.2) is 18.2 Å². The standard InChI is InChI=1S/C16H21F3N4O3S/c17-16(18,19)13-8-10(23-27(20,25)26)6-5-9(13)7-14-11-3-1-2-4-12(11)15(24)22-21-14/h5-6,8,11-12,14,21,23H,1-4,7H2,(H,22,24)(H2,20,25,26). The van der Waals surface area contributed by atoms with E-state index in [-0.39, 0.29) is 41.5 Å². The maximum absolute atomic E-state index is 13.5. The van der Waals surface area contributed by atoms with E-state index in [2.05, 4.69) is 10.9 Å². The van der Waals surface area contributed by atoms with Gasteiger partial charge in [0.15, 0.2) is 0 Å². The van der Waals surface area contributed by atoms with Crippen LogP contribution >= 0.6 is 0 Å². The highest BCUT2D eigenvalue weighted by Crippen LogP contribution is 2.38. The van der Waals surface area contributed by atoms with E-state index in [1.54, 1.807) is 0 Å². The molecule has 0 radical (unpaired) electrons. The van der Waals surface area contributed by atoms with E-state index in [1.165, 1.54) is 12.1 Å². The number of hydrogen-bond acceptors (Lipinski definition) is 4. The Morgan fingerprint density at radius 2 is 1.93 bits per heavy atom. The van der Waals surface area contributed by atoms with Crippen molar-refractivity contribution < 1.29 is 26.4 Å². The van der Waals surface area contributed by atoms with Crippen molar-refractivity contribution in [2.24, 2.45) is 17.0 Å². The molecule has 1 aliphatic carbocycles. The van der Waals surface area contributed by atoms with Gasteiger partial charge in [-0.15, -0.1) is 0 Å². The van der Waals surface area contributed by atoms with E-state index in [9.17, 15) is 26.4 Å². The number of carbonyl (C=O) groups is 1. The maximum atomic E-state index is 13.5. The van der Waals surface area contributed by atoms with E-state index in [4.69, 9.17) is 5.14 Å². The number of nitrogens with two attached hydrogens (primary N) is 1. The van der Waals surface area contributed by atoms with Crippen molar-refractivity contribution in [2.75, 3.05) is 4.72 Å². The molecule has 7 nitrogen and oxygen atoms in total. The second-order valence-electron chi connectivity index (χ2n) is 7.02. The second kappa shape index (κ2) is 7.28. The predicted octanol–water partition coefficient (Wildman–Crippen LogP) is 1.67. The molecule has 1 saturated carbocycles. The van der Waals surface area contributed by atoms with Crippen molar-refractivity contribution in [3.05, 3.63) is 29.3 Å². The van der Waals surface area contributed by atoms with Gasteiger partial charge in [0, 0.05) is 12.0 Å². The number of anilines is 1. The molecule has 1 aliphatic heterocycles. The molecule has 0 aromatic heterocycles. The first kappa shape index (κ1) is 19.9. The van der Waals surface area contributed by atoms with Gasteiger partial charge in [-0.3, -0.25) is 14.9 Å². The van der Waals surface area contributed by atoms with Crippen LogP contribution in [-0.2, 0) is 27.6 Å². The van der Waals surface area contributed by atoms with Gasteiger partial charge in [-0.25, -0.2) is 10.6 Å². The van der Waals surface area contributed by atoms with E-state index < -0.39 is 21.9 Å². The molecule has 3 rings (SSSR count). The molecule has 1 amide bonds. The van der Waals surface area contributed by atoms with Crippen LogP contribution in [0.1, 0.15) is 36.8 Å². The highest BCUT2D eigenvalue weighted by atomic mass is 32.2. The fourth-order valence-corrected chi connectivity index (χ4v) is 4.47. The zero-order chi connectivity index (χ0) is 19.8. The Bertz CT molecular complexity index is 829. The molecule has 0 bridgehead atoms. The minimum atomic E-state index is -4.66. The number of halogens is 3. The van der Waals surface area contributed by atoms with Gasteiger partial charge in [0.1, 0.15) is 0 Å². The van der Waals surface area contributed by atoms with Gasteiger partial charge in [0.2, 0.25) is 5.91 Å². The molecule has 3 atom stereocenters. The Hall–Kier alpha value is -1.85. The Morgan fingerprint density at radius 3 is 2.59 bits per heavy atom. The number of carbonyl (C=O) groups excluding carboxylic acids is 1. The quantitative estimate of drug-likeness (QED) is 0.609. The van der Waals surface area contributed by atoms with Crippen LogP contribution in [-0.4, -0.2) is 20.4 Å². The van der Waals surface area contributed by atoms with Crippen LogP contribution in [0.2, 0.25) is 0 Å². The van der Waals surface area contributed by atoms with Crippen molar-refractivity contribution in [1.29, 1.82) is 0 Å². The molecule has 150 valence electrons. The van der Waals surface area contributed by atoms with E-state index in [0.29, 0.717) is 0 Å². The third-order valence-corrected chi connectivity index (χ3v) is 5.69. The summed E-state index contributed by atoms with van der Waals surface area (Å²) in [6, 6.07) is 2.90. The summed E-state index contributed by atoms with van der Waals surface area (Å²) in [5, 5.41) is 4.83. The van der Waals surface area contributed by atoms with Gasteiger partial charge in [0.25, 0.3) is 10.2 Å². The largest absolute Gasteiger partial charge is 0.416 e. The third-order valence-electron chi connectivity index (χ3n) is 5.17. The number of rotatable bonds is 4. The van der Waals surface area contributed by atoms with Crippen LogP contribution in [0, 0.1) is 11.8 Å². The number of hydrazine groups is 1. The maximum Gasteiger partial charge on any atom is 0.416 e. The van der Waals surface area contributed by atoms with Gasteiger partial charge in [-0.1, -0.05) is 18.9 Å². The second-order valence-corrected chi connectivity index (χ2v) is 8.31. The predicted molar refractivity (Wildman–Crippen MR) is 92.4 cm³/mol. The van der Waals surface area contributed by atoms with Crippen molar-refractivity contribution in [1.82, 2.24) is 10.9 Å². The molecule has 2 aliphatic rings. The average molecular weight is 406 g/mol. The first-order valence-corrected chi connectivity index (χ1v) is 10.2. The molecule has 11 heteroatoms. The number of fused-ring (bicyclic) bond motifs is 1. The molecular weight excluding hydrogens is 385 g/mol. The lowest BCUT2D eigenvalue weighted by Gasteiger charge is -2.41. The zero-order valence-corrected chi connectivity index (χ0v) is 15.2. The summed E-state index contributed by atoms with van der Waals surface area (Å²) in [7, 11) is -4.18. The average Bonchev–Trinajstić information content (AvgIpc) is 2.56. The van der Waals surface area contributed by atoms with Gasteiger partial charge >= 0.3 is 6.18 Å². The number of hydrogen-bond donors (Lipinski definition) is 4. The minimum absolute atomic E-state index is 0.0282. The highest BCUT2D eigenvalue weighted by molar-refractivity contribution is 7.90. The number of nitrogens with one attached hydrogen (secondary N) is 3. The van der Waals surface area contributed by atoms with Gasteiger partial charge in [-0.05, 0) is 42.9 Å². The monoisotopic (exact) mass is 406 g/mol.